The molecule has 140 valence electrons. The Morgan fingerprint density at radius 3 is 2.78 bits per heavy atom. The fourth-order valence-corrected chi connectivity index (χ4v) is 3.12. The van der Waals surface area contributed by atoms with Crippen molar-refractivity contribution in [2.24, 2.45) is 0 Å². The Labute approximate surface area is 159 Å². The number of imidazole rings is 1. The number of halogens is 1. The zero-order chi connectivity index (χ0) is 19.6. The first-order chi connectivity index (χ1) is 12.9. The number of nitrogens with one attached hydrogen (secondary N) is 2. The minimum atomic E-state index is -0.200. The number of allylic oxidation sites excluding steroid dienone is 2. The van der Waals surface area contributed by atoms with E-state index in [1.165, 1.54) is 6.92 Å². The van der Waals surface area contributed by atoms with Gasteiger partial charge in [-0.25, -0.2) is 13.9 Å². The highest BCUT2D eigenvalue weighted by Gasteiger charge is 2.18. The van der Waals surface area contributed by atoms with Gasteiger partial charge in [0.2, 0.25) is 5.91 Å². The van der Waals surface area contributed by atoms with E-state index >= 15 is 0 Å². The van der Waals surface area contributed by atoms with Gasteiger partial charge in [0.05, 0.1) is 30.1 Å². The summed E-state index contributed by atoms with van der Waals surface area (Å²) >= 11 is 1.58. The molecule has 0 aliphatic carbocycles. The first kappa shape index (κ1) is 18.8. The van der Waals surface area contributed by atoms with Gasteiger partial charge in [-0.3, -0.25) is 9.89 Å². The molecule has 9 heteroatoms. The SMILES string of the molecule is CS/C(C)=C(\c1ccc2nc(NC(C)=O)cn2n1)c1cn[nH]c1/C(C)=C/F. The van der Waals surface area contributed by atoms with Gasteiger partial charge in [-0.1, -0.05) is 0 Å². The van der Waals surface area contributed by atoms with E-state index in [4.69, 9.17) is 0 Å². The van der Waals surface area contributed by atoms with Crippen LogP contribution in [0.3, 0.4) is 0 Å². The lowest BCUT2D eigenvalue weighted by atomic mass is 10.00. The molecule has 3 aromatic heterocycles. The molecule has 3 heterocycles. The van der Waals surface area contributed by atoms with E-state index in [1.807, 2.05) is 25.3 Å². The third-order valence-electron chi connectivity index (χ3n) is 4.01. The first-order valence-electron chi connectivity index (χ1n) is 8.15. The summed E-state index contributed by atoms with van der Waals surface area (Å²) in [6.07, 6.45) is 5.84. The first-order valence-corrected chi connectivity index (χ1v) is 9.37. The minimum absolute atomic E-state index is 0.200. The molecular weight excluding hydrogens is 367 g/mol. The summed E-state index contributed by atoms with van der Waals surface area (Å²) in [6, 6.07) is 3.67. The van der Waals surface area contributed by atoms with Crippen LogP contribution < -0.4 is 5.32 Å². The predicted octanol–water partition coefficient (Wildman–Crippen LogP) is 3.88. The van der Waals surface area contributed by atoms with Crippen molar-refractivity contribution < 1.29 is 9.18 Å². The highest BCUT2D eigenvalue weighted by molar-refractivity contribution is 8.02. The van der Waals surface area contributed by atoms with Gasteiger partial charge in [0.25, 0.3) is 0 Å². The highest BCUT2D eigenvalue weighted by atomic mass is 32.2. The number of carbonyl (C=O) groups excluding carboxylic acids is 1. The van der Waals surface area contributed by atoms with E-state index in [1.54, 1.807) is 35.6 Å². The topological polar surface area (TPSA) is 88.0 Å². The van der Waals surface area contributed by atoms with Crippen LogP contribution in [0.25, 0.3) is 16.8 Å². The molecule has 0 spiro atoms. The Hall–Kier alpha value is -2.94. The summed E-state index contributed by atoms with van der Waals surface area (Å²) in [7, 11) is 0. The van der Waals surface area contributed by atoms with Crippen molar-refractivity contribution in [3.63, 3.8) is 0 Å². The van der Waals surface area contributed by atoms with Crippen molar-refractivity contribution in [2.75, 3.05) is 11.6 Å². The van der Waals surface area contributed by atoms with Crippen LogP contribution in [0.2, 0.25) is 0 Å². The van der Waals surface area contributed by atoms with Crippen LogP contribution in [0.5, 0.6) is 0 Å². The molecule has 7 nitrogen and oxygen atoms in total. The van der Waals surface area contributed by atoms with Crippen LogP contribution in [0, 0.1) is 0 Å². The van der Waals surface area contributed by atoms with Crippen LogP contribution in [0.1, 0.15) is 37.7 Å². The van der Waals surface area contributed by atoms with Gasteiger partial charge >= 0.3 is 0 Å². The molecule has 0 radical (unpaired) electrons. The number of aromatic nitrogens is 5. The summed E-state index contributed by atoms with van der Waals surface area (Å²) < 4.78 is 14.7. The smallest absolute Gasteiger partial charge is 0.222 e. The lowest BCUT2D eigenvalue weighted by Gasteiger charge is -2.11. The number of nitrogens with zero attached hydrogens (tertiary/aromatic N) is 4. The van der Waals surface area contributed by atoms with E-state index in [9.17, 15) is 9.18 Å². The summed E-state index contributed by atoms with van der Waals surface area (Å²) in [6.45, 7) is 5.08. The minimum Gasteiger partial charge on any atom is -0.310 e. The summed E-state index contributed by atoms with van der Waals surface area (Å²) in [5.41, 5.74) is 3.97. The molecule has 3 rings (SSSR count). The van der Waals surface area contributed by atoms with E-state index in [0.29, 0.717) is 34.8 Å². The maximum Gasteiger partial charge on any atom is 0.222 e. The molecular formula is C18H19FN6OS. The molecule has 3 aromatic rings. The van der Waals surface area contributed by atoms with Crippen molar-refractivity contribution in [1.82, 2.24) is 24.8 Å². The largest absolute Gasteiger partial charge is 0.310 e. The van der Waals surface area contributed by atoms with Gasteiger partial charge in [-0.2, -0.15) is 10.2 Å². The number of fused-ring (bicyclic) bond motifs is 1. The highest BCUT2D eigenvalue weighted by Crippen LogP contribution is 2.34. The molecule has 0 bridgehead atoms. The molecule has 0 unspecified atom stereocenters. The number of anilines is 1. The van der Waals surface area contributed by atoms with E-state index < -0.39 is 0 Å². The number of amides is 1. The second-order valence-electron chi connectivity index (χ2n) is 5.91. The molecule has 1 amide bonds. The van der Waals surface area contributed by atoms with E-state index in [-0.39, 0.29) is 5.91 Å². The van der Waals surface area contributed by atoms with Crippen molar-refractivity contribution >= 4 is 40.3 Å². The lowest BCUT2D eigenvalue weighted by molar-refractivity contribution is -0.114. The molecule has 0 saturated carbocycles. The Morgan fingerprint density at radius 1 is 1.33 bits per heavy atom. The summed E-state index contributed by atoms with van der Waals surface area (Å²) in [4.78, 5) is 16.6. The fraction of sp³-hybridized carbons (Fsp3) is 0.222. The summed E-state index contributed by atoms with van der Waals surface area (Å²) in [5.74, 6) is 0.230. The third kappa shape index (κ3) is 3.77. The number of hydrogen-bond donors (Lipinski definition) is 2. The van der Waals surface area contributed by atoms with Gasteiger partial charge in [0.1, 0.15) is 0 Å². The van der Waals surface area contributed by atoms with Crippen LogP contribution in [0.4, 0.5) is 10.2 Å². The average molecular weight is 386 g/mol. The number of rotatable bonds is 5. The molecule has 0 atom stereocenters. The Morgan fingerprint density at radius 2 is 2.11 bits per heavy atom. The molecule has 0 saturated heterocycles. The molecule has 0 aliphatic rings. The molecule has 27 heavy (non-hydrogen) atoms. The van der Waals surface area contributed by atoms with Crippen molar-refractivity contribution in [3.8, 4) is 0 Å². The maximum absolute atomic E-state index is 13.1. The van der Waals surface area contributed by atoms with Crippen LogP contribution >= 0.6 is 11.8 Å². The summed E-state index contributed by atoms with van der Waals surface area (Å²) in [5, 5.41) is 14.2. The Balaban J connectivity index is 2.15. The van der Waals surface area contributed by atoms with Gasteiger partial charge in [0, 0.05) is 23.6 Å². The average Bonchev–Trinajstić information content (AvgIpc) is 3.26. The van der Waals surface area contributed by atoms with Crippen LogP contribution in [0.15, 0.2) is 35.8 Å². The quantitative estimate of drug-likeness (QED) is 0.695. The second-order valence-corrected chi connectivity index (χ2v) is 6.94. The maximum atomic E-state index is 13.1. The zero-order valence-electron chi connectivity index (χ0n) is 15.4. The number of thioether (sulfide) groups is 1. The zero-order valence-corrected chi connectivity index (χ0v) is 16.2. The van der Waals surface area contributed by atoms with Crippen molar-refractivity contribution in [2.45, 2.75) is 20.8 Å². The van der Waals surface area contributed by atoms with Gasteiger partial charge < -0.3 is 5.32 Å². The standard InChI is InChI=1S/C18H19FN6OS/c1-10(7-19)18-13(8-20-23-18)17(11(2)27-4)14-5-6-16-22-15(21-12(3)26)9-25(16)24-14/h5-9H,1-4H3,(H,20,23)(H,21,26)/b10-7+,17-11-. The third-order valence-corrected chi connectivity index (χ3v) is 4.82. The monoisotopic (exact) mass is 386 g/mol. The van der Waals surface area contributed by atoms with Crippen LogP contribution in [-0.4, -0.2) is 37.0 Å². The van der Waals surface area contributed by atoms with Crippen molar-refractivity contribution in [3.05, 3.63) is 52.7 Å². The molecule has 0 aliphatic heterocycles. The van der Waals surface area contributed by atoms with Gasteiger partial charge in [0.15, 0.2) is 11.5 Å². The molecule has 0 fully saturated rings. The van der Waals surface area contributed by atoms with Crippen LogP contribution in [-0.2, 0) is 4.79 Å². The predicted molar refractivity (Wildman–Crippen MR) is 106 cm³/mol. The van der Waals surface area contributed by atoms with Crippen molar-refractivity contribution in [1.29, 1.82) is 0 Å². The number of hydrogen-bond acceptors (Lipinski definition) is 5. The molecule has 2 N–H and O–H groups in total. The number of aromatic amines is 1. The normalized spacial score (nSPS) is 13.0. The lowest BCUT2D eigenvalue weighted by Crippen LogP contribution is -2.05. The number of H-pyrrole nitrogens is 1. The molecule has 0 aromatic carbocycles. The Bertz CT molecular complexity index is 1060. The van der Waals surface area contributed by atoms with E-state index in [2.05, 4.69) is 25.6 Å². The van der Waals surface area contributed by atoms with Gasteiger partial charge in [-0.15, -0.1) is 11.8 Å². The van der Waals surface area contributed by atoms with Gasteiger partial charge in [-0.05, 0) is 37.1 Å². The van der Waals surface area contributed by atoms with E-state index in [0.717, 1.165) is 16.0 Å². The Kier molecular flexibility index (Phi) is 5.41. The second kappa shape index (κ2) is 7.75. The fourth-order valence-electron chi connectivity index (χ4n) is 2.70. The number of carbonyl (C=O) groups is 1.